The van der Waals surface area contributed by atoms with Crippen molar-refractivity contribution in [2.75, 3.05) is 6.61 Å². The minimum Gasteiger partial charge on any atom is -0.455 e. The van der Waals surface area contributed by atoms with Crippen LogP contribution in [0.5, 0.6) is 0 Å². The maximum absolute atomic E-state index is 11.2. The third-order valence-corrected chi connectivity index (χ3v) is 0.530. The van der Waals surface area contributed by atoms with Gasteiger partial charge in [0.05, 0.1) is 0 Å². The first-order valence-corrected chi connectivity index (χ1v) is 2.27. The molecule has 60 valence electrons. The van der Waals surface area contributed by atoms with Crippen molar-refractivity contribution < 1.29 is 27.1 Å². The number of carbonyl (C=O) groups is 1. The molecule has 0 saturated heterocycles. The van der Waals surface area contributed by atoms with Gasteiger partial charge in [-0.05, 0) is 0 Å². The summed E-state index contributed by atoms with van der Waals surface area (Å²) in [5, 5.41) is 0. The molecule has 0 fully saturated rings. The van der Waals surface area contributed by atoms with E-state index in [-0.39, 0.29) is 0 Å². The lowest BCUT2D eigenvalue weighted by molar-refractivity contribution is -0.160. The Bertz CT molecular complexity index is 114. The normalized spacial score (nSPS) is 10.6. The second-order valence-corrected chi connectivity index (χ2v) is 1.32. The lowest BCUT2D eigenvalue weighted by atomic mass is 10.7. The molecule has 0 atom stereocenters. The molecular weight excluding hydrogens is 156 g/mol. The van der Waals surface area contributed by atoms with Gasteiger partial charge in [-0.15, -0.1) is 0 Å². The van der Waals surface area contributed by atoms with E-state index < -0.39 is 25.4 Å². The summed E-state index contributed by atoms with van der Waals surface area (Å²) in [4.78, 5) is 9.74. The molecule has 0 aromatic carbocycles. The van der Waals surface area contributed by atoms with Gasteiger partial charge in [-0.25, -0.2) is 13.6 Å². The Hall–Kier alpha value is -0.810. The number of alkyl halides is 4. The van der Waals surface area contributed by atoms with Gasteiger partial charge in [0, 0.05) is 0 Å². The average molecular weight is 160 g/mol. The van der Waals surface area contributed by atoms with Crippen molar-refractivity contribution in [3.63, 3.8) is 0 Å². The summed E-state index contributed by atoms with van der Waals surface area (Å²) in [5.74, 6) is -1.92. The van der Waals surface area contributed by atoms with Gasteiger partial charge >= 0.3 is 12.4 Å². The van der Waals surface area contributed by atoms with Gasteiger partial charge in [0.1, 0.15) is 0 Å². The van der Waals surface area contributed by atoms with Gasteiger partial charge in [0.15, 0.2) is 6.61 Å². The highest BCUT2D eigenvalue weighted by Gasteiger charge is 2.18. The van der Waals surface area contributed by atoms with E-state index >= 15 is 0 Å². The Morgan fingerprint density at radius 2 is 1.80 bits per heavy atom. The molecule has 0 aliphatic rings. The van der Waals surface area contributed by atoms with Crippen LogP contribution in [0.25, 0.3) is 0 Å². The molecule has 0 aliphatic carbocycles. The molecule has 0 aliphatic heterocycles. The van der Waals surface area contributed by atoms with E-state index in [1.54, 1.807) is 0 Å². The van der Waals surface area contributed by atoms with Gasteiger partial charge < -0.3 is 4.74 Å². The van der Waals surface area contributed by atoms with Crippen molar-refractivity contribution in [1.82, 2.24) is 0 Å². The topological polar surface area (TPSA) is 26.3 Å². The van der Waals surface area contributed by atoms with Crippen LogP contribution in [0.15, 0.2) is 0 Å². The minimum atomic E-state index is -3.33. The van der Waals surface area contributed by atoms with Crippen molar-refractivity contribution in [1.29, 1.82) is 0 Å². The molecule has 6 heteroatoms. The highest BCUT2D eigenvalue weighted by Crippen LogP contribution is 1.98. The Morgan fingerprint density at radius 3 is 2.10 bits per heavy atom. The van der Waals surface area contributed by atoms with Crippen LogP contribution in [-0.4, -0.2) is 25.4 Å². The second-order valence-electron chi connectivity index (χ2n) is 1.32. The Balaban J connectivity index is 3.40. The van der Waals surface area contributed by atoms with E-state index in [0.29, 0.717) is 0 Å². The quantitative estimate of drug-likeness (QED) is 0.455. The lowest BCUT2D eigenvalue weighted by Gasteiger charge is -2.00. The van der Waals surface area contributed by atoms with Gasteiger partial charge in [-0.3, -0.25) is 0 Å². The fraction of sp³-hybridized carbons (Fsp3) is 0.750. The molecule has 0 aromatic rings. The molecule has 0 aromatic heterocycles. The first kappa shape index (κ1) is 9.19. The van der Waals surface area contributed by atoms with E-state index in [4.69, 9.17) is 0 Å². The standard InChI is InChI=1S/C4H4F4O2/c5-2(6)1-10-4(9)3(7)8/h2-3H,1H2. The van der Waals surface area contributed by atoms with Gasteiger partial charge in [-0.2, -0.15) is 8.78 Å². The first-order valence-electron chi connectivity index (χ1n) is 2.27. The third kappa shape index (κ3) is 4.11. The SMILES string of the molecule is O=C(OCC(F)F)C(F)F. The van der Waals surface area contributed by atoms with E-state index in [1.165, 1.54) is 0 Å². The number of hydrogen-bond acceptors (Lipinski definition) is 2. The molecule has 0 spiro atoms. The number of carbonyl (C=O) groups excluding carboxylic acids is 1. The maximum atomic E-state index is 11.2. The van der Waals surface area contributed by atoms with Crippen LogP contribution < -0.4 is 0 Å². The van der Waals surface area contributed by atoms with Gasteiger partial charge in [0.2, 0.25) is 0 Å². The van der Waals surface area contributed by atoms with Crippen molar-refractivity contribution in [3.8, 4) is 0 Å². The lowest BCUT2D eigenvalue weighted by Crippen LogP contribution is -2.17. The third-order valence-electron chi connectivity index (χ3n) is 0.530. The molecule has 0 amide bonds. The van der Waals surface area contributed by atoms with Crippen LogP contribution in [0.2, 0.25) is 0 Å². The van der Waals surface area contributed by atoms with Gasteiger partial charge in [0.25, 0.3) is 6.43 Å². The summed E-state index contributed by atoms with van der Waals surface area (Å²) < 4.78 is 48.0. The van der Waals surface area contributed by atoms with Crippen molar-refractivity contribution in [3.05, 3.63) is 0 Å². The maximum Gasteiger partial charge on any atom is 0.374 e. The van der Waals surface area contributed by atoms with Crippen LogP contribution in [0.3, 0.4) is 0 Å². The van der Waals surface area contributed by atoms with Crippen LogP contribution in [0.1, 0.15) is 0 Å². The summed E-state index contributed by atoms with van der Waals surface area (Å²) in [6, 6.07) is 0. The van der Waals surface area contributed by atoms with Crippen LogP contribution in [0, 0.1) is 0 Å². The highest BCUT2D eigenvalue weighted by atomic mass is 19.3. The Morgan fingerprint density at radius 1 is 1.30 bits per heavy atom. The predicted octanol–water partition coefficient (Wildman–Crippen LogP) is 1.06. The highest BCUT2D eigenvalue weighted by molar-refractivity contribution is 5.72. The van der Waals surface area contributed by atoms with Crippen LogP contribution in [-0.2, 0) is 9.53 Å². The molecule has 0 N–H and O–H groups in total. The smallest absolute Gasteiger partial charge is 0.374 e. The Labute approximate surface area is 53.8 Å². The zero-order valence-corrected chi connectivity index (χ0v) is 4.69. The number of esters is 1. The zero-order chi connectivity index (χ0) is 8.15. The summed E-state index contributed by atoms with van der Waals surface area (Å²) in [6.45, 7) is -1.27. The van der Waals surface area contributed by atoms with Crippen molar-refractivity contribution in [2.24, 2.45) is 0 Å². The fourth-order valence-corrected chi connectivity index (χ4v) is 0.208. The van der Waals surface area contributed by atoms with E-state index in [1.807, 2.05) is 0 Å². The van der Waals surface area contributed by atoms with Crippen LogP contribution in [0.4, 0.5) is 17.6 Å². The molecule has 0 bridgehead atoms. The molecule has 10 heavy (non-hydrogen) atoms. The predicted molar refractivity (Wildman–Crippen MR) is 23.0 cm³/mol. The molecule has 0 saturated carbocycles. The molecular formula is C4H4F4O2. The number of ether oxygens (including phenoxy) is 1. The van der Waals surface area contributed by atoms with Crippen LogP contribution >= 0.6 is 0 Å². The Kier molecular flexibility index (Phi) is 3.75. The summed E-state index contributed by atoms with van der Waals surface area (Å²) >= 11 is 0. The molecule has 0 heterocycles. The fourth-order valence-electron chi connectivity index (χ4n) is 0.208. The summed E-state index contributed by atoms with van der Waals surface area (Å²) in [6.07, 6.45) is -6.23. The second kappa shape index (κ2) is 4.08. The number of hydrogen-bond donors (Lipinski definition) is 0. The minimum absolute atomic E-state index is 1.27. The summed E-state index contributed by atoms with van der Waals surface area (Å²) in [7, 11) is 0. The van der Waals surface area contributed by atoms with E-state index in [0.717, 1.165) is 0 Å². The van der Waals surface area contributed by atoms with Gasteiger partial charge in [-0.1, -0.05) is 0 Å². The van der Waals surface area contributed by atoms with Crippen molar-refractivity contribution >= 4 is 5.97 Å². The first-order chi connectivity index (χ1) is 4.54. The molecule has 0 radical (unpaired) electrons. The largest absolute Gasteiger partial charge is 0.455 e. The number of rotatable bonds is 3. The molecule has 0 rings (SSSR count). The molecule has 2 nitrogen and oxygen atoms in total. The average Bonchev–Trinajstić information content (AvgIpc) is 1.82. The van der Waals surface area contributed by atoms with Crippen molar-refractivity contribution in [2.45, 2.75) is 12.9 Å². The van der Waals surface area contributed by atoms with E-state index in [9.17, 15) is 22.4 Å². The summed E-state index contributed by atoms with van der Waals surface area (Å²) in [5.41, 5.74) is 0. The van der Waals surface area contributed by atoms with E-state index in [2.05, 4.69) is 4.74 Å². The molecule has 0 unspecified atom stereocenters. The number of halogens is 4. The monoisotopic (exact) mass is 160 g/mol. The zero-order valence-electron chi connectivity index (χ0n) is 4.69.